The zero-order valence-electron chi connectivity index (χ0n) is 13.5. The predicted molar refractivity (Wildman–Crippen MR) is 90.9 cm³/mol. The van der Waals surface area contributed by atoms with E-state index in [9.17, 15) is 9.59 Å². The second-order valence-corrected chi connectivity index (χ2v) is 7.15. The monoisotopic (exact) mass is 334 g/mol. The van der Waals surface area contributed by atoms with E-state index in [0.717, 1.165) is 29.7 Å². The van der Waals surface area contributed by atoms with Crippen LogP contribution in [0.5, 0.6) is 5.75 Å². The van der Waals surface area contributed by atoms with Gasteiger partial charge in [-0.05, 0) is 25.0 Å². The molecule has 1 N–H and O–H groups in total. The molecule has 2 aliphatic rings. The first-order chi connectivity index (χ1) is 11.0. The summed E-state index contributed by atoms with van der Waals surface area (Å²) < 4.78 is 6.18. The highest BCUT2D eigenvalue weighted by atomic mass is 32.2. The van der Waals surface area contributed by atoms with Gasteiger partial charge in [-0.1, -0.05) is 30.0 Å². The predicted octanol–water partition coefficient (Wildman–Crippen LogP) is 2.50. The van der Waals surface area contributed by atoms with Crippen LogP contribution < -0.4 is 10.1 Å². The van der Waals surface area contributed by atoms with Crippen LogP contribution in [-0.2, 0) is 4.79 Å². The molecule has 1 aromatic rings. The highest BCUT2D eigenvalue weighted by Crippen LogP contribution is 2.26. The maximum atomic E-state index is 12.4. The van der Waals surface area contributed by atoms with E-state index in [2.05, 4.69) is 31.3 Å². The molecule has 0 bridgehead atoms. The molecule has 3 rings (SSSR count). The fourth-order valence-electron chi connectivity index (χ4n) is 3.08. The standard InChI is InChI=1S/C17H22N2O3S/c1-11-4-3-5-12(2)15(11)22-13-6-8-19(9-7-13)16(20)14-10-23-17(21)18-14/h3-5,13-14H,6-10H2,1-2H3,(H,18,21)/t14-/m0/s1. The smallest absolute Gasteiger partial charge is 0.279 e. The van der Waals surface area contributed by atoms with Gasteiger partial charge in [-0.2, -0.15) is 0 Å². The minimum absolute atomic E-state index is 0.0360. The molecule has 2 heterocycles. The van der Waals surface area contributed by atoms with Crippen LogP contribution in [0.2, 0.25) is 0 Å². The third-order valence-electron chi connectivity index (χ3n) is 4.42. The molecule has 2 saturated heterocycles. The number of benzene rings is 1. The van der Waals surface area contributed by atoms with Crippen LogP contribution >= 0.6 is 11.8 Å². The molecule has 0 saturated carbocycles. The Morgan fingerprint density at radius 2 is 1.91 bits per heavy atom. The molecular weight excluding hydrogens is 312 g/mol. The van der Waals surface area contributed by atoms with E-state index >= 15 is 0 Å². The van der Waals surface area contributed by atoms with Gasteiger partial charge in [-0.25, -0.2) is 0 Å². The van der Waals surface area contributed by atoms with E-state index in [-0.39, 0.29) is 23.3 Å². The number of likely N-dealkylation sites (tertiary alicyclic amines) is 1. The Hall–Kier alpha value is -1.69. The second kappa shape index (κ2) is 6.83. The molecule has 0 unspecified atom stereocenters. The van der Waals surface area contributed by atoms with Crippen molar-refractivity contribution in [3.8, 4) is 5.75 Å². The molecular formula is C17H22N2O3S. The molecule has 1 atom stereocenters. The number of thioether (sulfide) groups is 1. The average molecular weight is 334 g/mol. The largest absolute Gasteiger partial charge is 0.490 e. The van der Waals surface area contributed by atoms with Gasteiger partial charge in [0.05, 0.1) is 0 Å². The second-order valence-electron chi connectivity index (χ2n) is 6.16. The van der Waals surface area contributed by atoms with E-state index in [0.29, 0.717) is 18.8 Å². The van der Waals surface area contributed by atoms with Gasteiger partial charge in [0, 0.05) is 31.7 Å². The lowest BCUT2D eigenvalue weighted by Gasteiger charge is -2.34. The van der Waals surface area contributed by atoms with Gasteiger partial charge in [-0.3, -0.25) is 9.59 Å². The zero-order valence-corrected chi connectivity index (χ0v) is 14.3. The van der Waals surface area contributed by atoms with Crippen LogP contribution in [0, 0.1) is 13.8 Å². The van der Waals surface area contributed by atoms with E-state index in [1.807, 2.05) is 11.0 Å². The zero-order chi connectivity index (χ0) is 16.4. The fraction of sp³-hybridized carbons (Fsp3) is 0.529. The summed E-state index contributed by atoms with van der Waals surface area (Å²) in [5.74, 6) is 1.54. The summed E-state index contributed by atoms with van der Waals surface area (Å²) >= 11 is 1.18. The fourth-order valence-corrected chi connectivity index (χ4v) is 3.85. The molecule has 2 fully saturated rings. The van der Waals surface area contributed by atoms with Crippen LogP contribution in [0.3, 0.4) is 0 Å². The summed E-state index contributed by atoms with van der Waals surface area (Å²) in [5, 5.41) is 2.62. The number of ether oxygens (including phenoxy) is 1. The first-order valence-corrected chi connectivity index (χ1v) is 8.98. The Kier molecular flexibility index (Phi) is 4.80. The van der Waals surface area contributed by atoms with E-state index in [1.165, 1.54) is 11.8 Å². The Morgan fingerprint density at radius 3 is 2.48 bits per heavy atom. The first-order valence-electron chi connectivity index (χ1n) is 7.99. The van der Waals surface area contributed by atoms with Crippen molar-refractivity contribution in [2.75, 3.05) is 18.8 Å². The van der Waals surface area contributed by atoms with Crippen LogP contribution in [0.15, 0.2) is 18.2 Å². The molecule has 0 spiro atoms. The minimum Gasteiger partial charge on any atom is -0.490 e. The van der Waals surface area contributed by atoms with Gasteiger partial charge in [0.1, 0.15) is 17.9 Å². The molecule has 0 aliphatic carbocycles. The topological polar surface area (TPSA) is 58.6 Å². The molecule has 2 aliphatic heterocycles. The third kappa shape index (κ3) is 3.63. The molecule has 0 aromatic heterocycles. The third-order valence-corrected chi connectivity index (χ3v) is 5.30. The minimum atomic E-state index is -0.358. The lowest BCUT2D eigenvalue weighted by atomic mass is 10.1. The summed E-state index contributed by atoms with van der Waals surface area (Å²) in [5.41, 5.74) is 2.29. The molecule has 1 aromatic carbocycles. The van der Waals surface area contributed by atoms with Crippen molar-refractivity contribution in [2.45, 2.75) is 38.8 Å². The summed E-state index contributed by atoms with van der Waals surface area (Å²) in [4.78, 5) is 25.4. The van der Waals surface area contributed by atoms with Gasteiger partial charge in [0.15, 0.2) is 0 Å². The number of piperidine rings is 1. The van der Waals surface area contributed by atoms with Gasteiger partial charge >= 0.3 is 0 Å². The Morgan fingerprint density at radius 1 is 1.26 bits per heavy atom. The van der Waals surface area contributed by atoms with Crippen LogP contribution in [-0.4, -0.2) is 47.0 Å². The number of hydrogen-bond donors (Lipinski definition) is 1. The highest BCUT2D eigenvalue weighted by molar-refractivity contribution is 8.14. The number of rotatable bonds is 3. The van der Waals surface area contributed by atoms with Gasteiger partial charge in [0.25, 0.3) is 5.24 Å². The summed E-state index contributed by atoms with van der Waals surface area (Å²) in [6.07, 6.45) is 1.80. The lowest BCUT2D eigenvalue weighted by Crippen LogP contribution is -2.49. The number of carbonyl (C=O) groups excluding carboxylic acids is 2. The lowest BCUT2D eigenvalue weighted by molar-refractivity contribution is -0.134. The molecule has 6 heteroatoms. The van der Waals surface area contributed by atoms with Crippen molar-refractivity contribution < 1.29 is 14.3 Å². The quantitative estimate of drug-likeness (QED) is 0.923. The van der Waals surface area contributed by atoms with Crippen LogP contribution in [0.25, 0.3) is 0 Å². The normalized spacial score (nSPS) is 22.1. The number of para-hydroxylation sites is 1. The number of nitrogens with zero attached hydrogens (tertiary/aromatic N) is 1. The van der Waals surface area contributed by atoms with Crippen molar-refractivity contribution in [3.63, 3.8) is 0 Å². The van der Waals surface area contributed by atoms with Crippen molar-refractivity contribution in [3.05, 3.63) is 29.3 Å². The Balaban J connectivity index is 1.54. The number of aryl methyl sites for hydroxylation is 2. The summed E-state index contributed by atoms with van der Waals surface area (Å²) in [7, 11) is 0. The highest BCUT2D eigenvalue weighted by Gasteiger charge is 2.33. The Bertz CT molecular complexity index is 592. The summed E-state index contributed by atoms with van der Waals surface area (Å²) in [6, 6.07) is 5.79. The Labute approximate surface area is 140 Å². The van der Waals surface area contributed by atoms with E-state index < -0.39 is 0 Å². The van der Waals surface area contributed by atoms with Crippen molar-refractivity contribution in [1.29, 1.82) is 0 Å². The molecule has 0 radical (unpaired) electrons. The van der Waals surface area contributed by atoms with Crippen LogP contribution in [0.1, 0.15) is 24.0 Å². The number of hydrogen-bond acceptors (Lipinski definition) is 4. The maximum Gasteiger partial charge on any atom is 0.279 e. The molecule has 5 nitrogen and oxygen atoms in total. The van der Waals surface area contributed by atoms with Gasteiger partial charge in [-0.15, -0.1) is 0 Å². The number of carbonyl (C=O) groups is 2. The van der Waals surface area contributed by atoms with Crippen LogP contribution in [0.4, 0.5) is 4.79 Å². The van der Waals surface area contributed by atoms with E-state index in [4.69, 9.17) is 4.74 Å². The molecule has 23 heavy (non-hydrogen) atoms. The SMILES string of the molecule is Cc1cccc(C)c1OC1CCN(C(=O)[C@@H]2CSC(=O)N2)CC1. The van der Waals surface area contributed by atoms with Crippen molar-refractivity contribution in [2.24, 2.45) is 0 Å². The van der Waals surface area contributed by atoms with Gasteiger partial charge < -0.3 is 15.0 Å². The molecule has 2 amide bonds. The number of nitrogens with one attached hydrogen (secondary N) is 1. The number of amides is 2. The summed E-state index contributed by atoms with van der Waals surface area (Å²) in [6.45, 7) is 5.49. The maximum absolute atomic E-state index is 12.4. The molecule has 124 valence electrons. The van der Waals surface area contributed by atoms with Gasteiger partial charge in [0.2, 0.25) is 5.91 Å². The van der Waals surface area contributed by atoms with Crippen molar-refractivity contribution >= 4 is 22.9 Å². The van der Waals surface area contributed by atoms with E-state index in [1.54, 1.807) is 0 Å². The van der Waals surface area contributed by atoms with Crippen molar-refractivity contribution in [1.82, 2.24) is 10.2 Å². The average Bonchev–Trinajstić information content (AvgIpc) is 2.97. The first kappa shape index (κ1) is 16.2.